The standard InChI is InChI=1S/C15H16N6O3S/c16-20-19-9-14(22)18-6-8-25-13-3-1-12(2-4-13)10-24-15(23)21-7-5-17-11-21/h1-5,7,11H,6,8-10H2,(H,18,22). The van der Waals surface area contributed by atoms with Gasteiger partial charge in [-0.15, -0.1) is 11.8 Å². The van der Waals surface area contributed by atoms with Crippen LogP contribution in [0.3, 0.4) is 0 Å². The van der Waals surface area contributed by atoms with Crippen LogP contribution in [0, 0.1) is 0 Å². The first kappa shape index (κ1) is 18.4. The first-order valence-electron chi connectivity index (χ1n) is 7.33. The Morgan fingerprint density at radius 2 is 2.16 bits per heavy atom. The van der Waals surface area contributed by atoms with Crippen molar-refractivity contribution < 1.29 is 14.3 Å². The van der Waals surface area contributed by atoms with Gasteiger partial charge in [0.1, 0.15) is 19.5 Å². The number of hydrogen-bond donors (Lipinski definition) is 1. The van der Waals surface area contributed by atoms with E-state index in [0.29, 0.717) is 12.3 Å². The third-order valence-electron chi connectivity index (χ3n) is 2.97. The summed E-state index contributed by atoms with van der Waals surface area (Å²) in [6.45, 7) is 0.472. The molecule has 10 heteroatoms. The maximum atomic E-state index is 11.7. The van der Waals surface area contributed by atoms with Crippen molar-refractivity contribution in [1.29, 1.82) is 0 Å². The number of hydrogen-bond acceptors (Lipinski definition) is 6. The molecule has 9 nitrogen and oxygen atoms in total. The Kier molecular flexibility index (Phi) is 7.36. The fourth-order valence-corrected chi connectivity index (χ4v) is 2.55. The van der Waals surface area contributed by atoms with Crippen molar-refractivity contribution in [3.05, 3.63) is 59.0 Å². The molecule has 1 aromatic heterocycles. The Morgan fingerprint density at radius 3 is 2.84 bits per heavy atom. The molecule has 0 fully saturated rings. The zero-order chi connectivity index (χ0) is 17.9. The van der Waals surface area contributed by atoms with Crippen molar-refractivity contribution in [2.24, 2.45) is 5.11 Å². The van der Waals surface area contributed by atoms with Crippen molar-refractivity contribution in [3.63, 3.8) is 0 Å². The van der Waals surface area contributed by atoms with Crippen LogP contribution in [-0.4, -0.2) is 40.4 Å². The molecule has 0 bridgehead atoms. The minimum Gasteiger partial charge on any atom is -0.444 e. The molecular formula is C15H16N6O3S. The molecule has 0 spiro atoms. The Labute approximate surface area is 148 Å². The minimum absolute atomic E-state index is 0.178. The summed E-state index contributed by atoms with van der Waals surface area (Å²) in [7, 11) is 0. The van der Waals surface area contributed by atoms with Crippen molar-refractivity contribution in [2.45, 2.75) is 11.5 Å². The Morgan fingerprint density at radius 1 is 1.36 bits per heavy atom. The number of ether oxygens (including phenoxy) is 1. The lowest BCUT2D eigenvalue weighted by Crippen LogP contribution is -2.27. The maximum absolute atomic E-state index is 11.7. The largest absolute Gasteiger partial charge is 0.444 e. The lowest BCUT2D eigenvalue weighted by molar-refractivity contribution is -0.119. The summed E-state index contributed by atoms with van der Waals surface area (Å²) >= 11 is 1.58. The fraction of sp³-hybridized carbons (Fsp3) is 0.267. The van der Waals surface area contributed by atoms with Crippen molar-refractivity contribution in [2.75, 3.05) is 18.8 Å². The van der Waals surface area contributed by atoms with Crippen molar-refractivity contribution in [1.82, 2.24) is 14.9 Å². The van der Waals surface area contributed by atoms with Gasteiger partial charge in [0, 0.05) is 34.5 Å². The lowest BCUT2D eigenvalue weighted by Gasteiger charge is -2.06. The normalized spacial score (nSPS) is 9.92. The highest BCUT2D eigenvalue weighted by Gasteiger charge is 2.05. The number of aromatic nitrogens is 2. The summed E-state index contributed by atoms with van der Waals surface area (Å²) in [5.41, 5.74) is 8.99. The van der Waals surface area contributed by atoms with Crippen LogP contribution >= 0.6 is 11.8 Å². The van der Waals surface area contributed by atoms with Crippen LogP contribution in [-0.2, 0) is 16.1 Å². The van der Waals surface area contributed by atoms with Crippen LogP contribution in [0.4, 0.5) is 4.79 Å². The summed E-state index contributed by atoms with van der Waals surface area (Å²) in [6.07, 6.45) is 3.93. The highest BCUT2D eigenvalue weighted by atomic mass is 32.2. The summed E-state index contributed by atoms with van der Waals surface area (Å²) in [6, 6.07) is 7.60. The third-order valence-corrected chi connectivity index (χ3v) is 3.99. The van der Waals surface area contributed by atoms with E-state index in [4.69, 9.17) is 10.3 Å². The van der Waals surface area contributed by atoms with Crippen LogP contribution in [0.25, 0.3) is 10.4 Å². The van der Waals surface area contributed by atoms with Gasteiger partial charge in [0.05, 0.1) is 0 Å². The van der Waals surface area contributed by atoms with E-state index in [1.54, 1.807) is 11.8 Å². The molecule has 1 heterocycles. The van der Waals surface area contributed by atoms with Crippen LogP contribution in [0.15, 0.2) is 53.0 Å². The van der Waals surface area contributed by atoms with Gasteiger partial charge in [0.2, 0.25) is 5.91 Å². The molecule has 0 saturated heterocycles. The van der Waals surface area contributed by atoms with Gasteiger partial charge in [-0.3, -0.25) is 4.79 Å². The van der Waals surface area contributed by atoms with Gasteiger partial charge >= 0.3 is 6.09 Å². The zero-order valence-electron chi connectivity index (χ0n) is 13.2. The molecule has 25 heavy (non-hydrogen) atoms. The molecule has 0 radical (unpaired) electrons. The van der Waals surface area contributed by atoms with Crippen LogP contribution in [0.5, 0.6) is 0 Å². The third kappa shape index (κ3) is 6.58. The van der Waals surface area contributed by atoms with Gasteiger partial charge in [-0.1, -0.05) is 17.2 Å². The molecule has 2 aromatic rings. The Hall–Kier alpha value is -2.97. The average molecular weight is 360 g/mol. The number of nitrogens with zero attached hydrogens (tertiary/aromatic N) is 5. The van der Waals surface area contributed by atoms with Gasteiger partial charge < -0.3 is 10.1 Å². The summed E-state index contributed by atoms with van der Waals surface area (Å²) in [5, 5.41) is 5.84. The molecule has 1 amide bonds. The Bertz CT molecular complexity index is 741. The SMILES string of the molecule is [N-]=[N+]=NCC(=O)NCCSc1ccc(COC(=O)n2ccnc2)cc1. The second-order valence-electron chi connectivity index (χ2n) is 4.76. The molecule has 1 N–H and O–H groups in total. The molecule has 1 aromatic carbocycles. The van der Waals surface area contributed by atoms with E-state index in [-0.39, 0.29) is 19.1 Å². The molecule has 0 aliphatic heterocycles. The second-order valence-corrected chi connectivity index (χ2v) is 5.92. The summed E-state index contributed by atoms with van der Waals surface area (Å²) < 4.78 is 6.43. The number of carbonyl (C=O) groups is 2. The number of imidazole rings is 1. The van der Waals surface area contributed by atoms with E-state index in [9.17, 15) is 9.59 Å². The number of nitrogens with one attached hydrogen (secondary N) is 1. The van der Waals surface area contributed by atoms with E-state index in [1.807, 2.05) is 24.3 Å². The van der Waals surface area contributed by atoms with Gasteiger partial charge in [0.25, 0.3) is 0 Å². The number of benzene rings is 1. The van der Waals surface area contributed by atoms with E-state index in [0.717, 1.165) is 10.5 Å². The zero-order valence-corrected chi connectivity index (χ0v) is 14.1. The maximum Gasteiger partial charge on any atom is 0.419 e. The number of amides is 1. The van der Waals surface area contributed by atoms with E-state index in [2.05, 4.69) is 20.3 Å². The first-order chi connectivity index (χ1) is 12.2. The van der Waals surface area contributed by atoms with Crippen LogP contribution in [0.2, 0.25) is 0 Å². The Balaban J connectivity index is 1.68. The predicted octanol–water partition coefficient (Wildman–Crippen LogP) is 2.59. The molecule has 0 saturated carbocycles. The quantitative estimate of drug-likeness (QED) is 0.255. The van der Waals surface area contributed by atoms with Crippen LogP contribution < -0.4 is 5.32 Å². The average Bonchev–Trinajstić information content (AvgIpc) is 3.17. The number of thioether (sulfide) groups is 1. The molecular weight excluding hydrogens is 344 g/mol. The lowest BCUT2D eigenvalue weighted by atomic mass is 10.2. The van der Waals surface area contributed by atoms with Gasteiger partial charge in [-0.25, -0.2) is 14.3 Å². The summed E-state index contributed by atoms with van der Waals surface area (Å²) in [4.78, 5) is 30.3. The van der Waals surface area contributed by atoms with Gasteiger partial charge in [-0.05, 0) is 23.2 Å². The van der Waals surface area contributed by atoms with E-state index in [1.165, 1.54) is 23.3 Å². The molecule has 0 aliphatic rings. The number of azide groups is 1. The summed E-state index contributed by atoms with van der Waals surface area (Å²) in [5.74, 6) is 0.394. The molecule has 0 aliphatic carbocycles. The highest BCUT2D eigenvalue weighted by molar-refractivity contribution is 7.99. The predicted molar refractivity (Wildman–Crippen MR) is 92.0 cm³/mol. The van der Waals surface area contributed by atoms with Crippen LogP contribution in [0.1, 0.15) is 5.56 Å². The first-order valence-corrected chi connectivity index (χ1v) is 8.32. The minimum atomic E-state index is -0.479. The molecule has 130 valence electrons. The van der Waals surface area contributed by atoms with E-state index >= 15 is 0 Å². The second kappa shape index (κ2) is 10.0. The van der Waals surface area contributed by atoms with Gasteiger partial charge in [0.15, 0.2) is 0 Å². The highest BCUT2D eigenvalue weighted by Crippen LogP contribution is 2.18. The number of rotatable bonds is 8. The van der Waals surface area contributed by atoms with Crippen molar-refractivity contribution in [3.8, 4) is 0 Å². The monoisotopic (exact) mass is 360 g/mol. The topological polar surface area (TPSA) is 122 Å². The van der Waals surface area contributed by atoms with Crippen molar-refractivity contribution >= 4 is 23.8 Å². The molecule has 2 rings (SSSR count). The van der Waals surface area contributed by atoms with Gasteiger partial charge in [-0.2, -0.15) is 0 Å². The molecule has 0 atom stereocenters. The van der Waals surface area contributed by atoms with E-state index < -0.39 is 6.09 Å². The fourth-order valence-electron chi connectivity index (χ4n) is 1.78. The number of carbonyl (C=O) groups excluding carboxylic acids is 2. The molecule has 0 unspecified atom stereocenters. The smallest absolute Gasteiger partial charge is 0.419 e.